The van der Waals surface area contributed by atoms with Gasteiger partial charge in [-0.05, 0) is 13.3 Å². The smallest absolute Gasteiger partial charge is 0.354 e. The Morgan fingerprint density at radius 1 is 1.75 bits per heavy atom. The standard InChI is InChI=1S/C8H12N2O2/c1-3-4-10-6(2)9-5-7(10)8(11)12/h5H,3-4H2,1-2H3,(H,11,12). The molecule has 12 heavy (non-hydrogen) atoms. The first-order chi connectivity index (χ1) is 5.66. The van der Waals surface area contributed by atoms with Gasteiger partial charge < -0.3 is 9.67 Å². The number of aryl methyl sites for hydroxylation is 1. The summed E-state index contributed by atoms with van der Waals surface area (Å²) >= 11 is 0. The molecule has 0 aliphatic heterocycles. The average molecular weight is 168 g/mol. The molecular weight excluding hydrogens is 156 g/mol. The van der Waals surface area contributed by atoms with Crippen LogP contribution in [0.15, 0.2) is 6.20 Å². The van der Waals surface area contributed by atoms with E-state index in [4.69, 9.17) is 5.11 Å². The van der Waals surface area contributed by atoms with E-state index in [0.29, 0.717) is 6.54 Å². The number of nitrogens with zero attached hydrogens (tertiary/aromatic N) is 2. The second-order valence-electron chi connectivity index (χ2n) is 2.65. The zero-order chi connectivity index (χ0) is 9.14. The topological polar surface area (TPSA) is 55.1 Å². The van der Waals surface area contributed by atoms with Crippen LogP contribution in [-0.2, 0) is 6.54 Å². The largest absolute Gasteiger partial charge is 0.477 e. The molecule has 66 valence electrons. The molecule has 1 N–H and O–H groups in total. The van der Waals surface area contributed by atoms with Crippen molar-refractivity contribution in [3.63, 3.8) is 0 Å². The van der Waals surface area contributed by atoms with Gasteiger partial charge in [0.2, 0.25) is 0 Å². The minimum absolute atomic E-state index is 0.273. The minimum atomic E-state index is -0.913. The van der Waals surface area contributed by atoms with Crippen molar-refractivity contribution in [3.8, 4) is 0 Å². The fourth-order valence-electron chi connectivity index (χ4n) is 1.14. The van der Waals surface area contributed by atoms with Gasteiger partial charge in [-0.15, -0.1) is 0 Å². The molecule has 1 aromatic heterocycles. The van der Waals surface area contributed by atoms with Gasteiger partial charge in [-0.2, -0.15) is 0 Å². The Morgan fingerprint density at radius 2 is 2.42 bits per heavy atom. The Hall–Kier alpha value is -1.32. The molecule has 4 heteroatoms. The highest BCUT2D eigenvalue weighted by Gasteiger charge is 2.11. The molecule has 1 aromatic rings. The van der Waals surface area contributed by atoms with Crippen molar-refractivity contribution in [2.75, 3.05) is 0 Å². The van der Waals surface area contributed by atoms with E-state index in [1.807, 2.05) is 13.8 Å². The Labute approximate surface area is 70.9 Å². The van der Waals surface area contributed by atoms with Gasteiger partial charge in [0.05, 0.1) is 6.20 Å². The van der Waals surface area contributed by atoms with Crippen LogP contribution in [0, 0.1) is 6.92 Å². The molecule has 0 amide bonds. The Balaban J connectivity index is 3.03. The lowest BCUT2D eigenvalue weighted by Crippen LogP contribution is -2.09. The van der Waals surface area contributed by atoms with Crippen LogP contribution in [0.4, 0.5) is 0 Å². The lowest BCUT2D eigenvalue weighted by molar-refractivity contribution is 0.0684. The van der Waals surface area contributed by atoms with Crippen LogP contribution in [0.1, 0.15) is 29.7 Å². The summed E-state index contributed by atoms with van der Waals surface area (Å²) in [7, 11) is 0. The highest BCUT2D eigenvalue weighted by Crippen LogP contribution is 2.05. The van der Waals surface area contributed by atoms with Crippen molar-refractivity contribution in [3.05, 3.63) is 17.7 Å². The van der Waals surface area contributed by atoms with Gasteiger partial charge in [0.25, 0.3) is 0 Å². The van der Waals surface area contributed by atoms with Gasteiger partial charge in [-0.1, -0.05) is 6.92 Å². The van der Waals surface area contributed by atoms with Crippen molar-refractivity contribution in [2.24, 2.45) is 0 Å². The summed E-state index contributed by atoms with van der Waals surface area (Å²) in [4.78, 5) is 14.6. The Bertz CT molecular complexity index is 291. The van der Waals surface area contributed by atoms with Gasteiger partial charge in [0.15, 0.2) is 0 Å². The molecule has 0 bridgehead atoms. The quantitative estimate of drug-likeness (QED) is 0.740. The fourth-order valence-corrected chi connectivity index (χ4v) is 1.14. The van der Waals surface area contributed by atoms with Crippen LogP contribution in [-0.4, -0.2) is 20.6 Å². The van der Waals surface area contributed by atoms with Crippen LogP contribution in [0.5, 0.6) is 0 Å². The molecule has 0 saturated carbocycles. The van der Waals surface area contributed by atoms with E-state index in [1.54, 1.807) is 4.57 Å². The van der Waals surface area contributed by atoms with Crippen LogP contribution < -0.4 is 0 Å². The van der Waals surface area contributed by atoms with Crippen molar-refractivity contribution in [1.82, 2.24) is 9.55 Å². The normalized spacial score (nSPS) is 10.2. The fraction of sp³-hybridized carbons (Fsp3) is 0.500. The second kappa shape index (κ2) is 3.38. The lowest BCUT2D eigenvalue weighted by Gasteiger charge is -2.04. The van der Waals surface area contributed by atoms with E-state index >= 15 is 0 Å². The Morgan fingerprint density at radius 3 is 2.92 bits per heavy atom. The third kappa shape index (κ3) is 1.47. The first-order valence-electron chi connectivity index (χ1n) is 3.92. The molecule has 0 spiro atoms. The minimum Gasteiger partial charge on any atom is -0.477 e. The number of aromatic carboxylic acids is 1. The maximum Gasteiger partial charge on any atom is 0.354 e. The summed E-state index contributed by atoms with van der Waals surface area (Å²) in [5.74, 6) is -0.154. The number of rotatable bonds is 3. The third-order valence-corrected chi connectivity index (χ3v) is 1.72. The van der Waals surface area contributed by atoms with E-state index in [9.17, 15) is 4.79 Å². The van der Waals surface area contributed by atoms with Crippen LogP contribution >= 0.6 is 0 Å². The zero-order valence-corrected chi connectivity index (χ0v) is 7.24. The van der Waals surface area contributed by atoms with Crippen molar-refractivity contribution in [1.29, 1.82) is 0 Å². The van der Waals surface area contributed by atoms with E-state index in [0.717, 1.165) is 12.2 Å². The molecule has 0 fully saturated rings. The average Bonchev–Trinajstić information content (AvgIpc) is 2.34. The predicted molar refractivity (Wildman–Crippen MR) is 44.2 cm³/mol. The third-order valence-electron chi connectivity index (χ3n) is 1.72. The van der Waals surface area contributed by atoms with Crippen LogP contribution in [0.3, 0.4) is 0 Å². The number of aromatic nitrogens is 2. The molecule has 0 unspecified atom stereocenters. The van der Waals surface area contributed by atoms with Gasteiger partial charge in [0, 0.05) is 6.54 Å². The molecule has 0 saturated heterocycles. The van der Waals surface area contributed by atoms with E-state index in [1.165, 1.54) is 6.20 Å². The number of carbonyl (C=O) groups is 1. The number of hydrogen-bond acceptors (Lipinski definition) is 2. The Kier molecular flexibility index (Phi) is 2.47. The van der Waals surface area contributed by atoms with Gasteiger partial charge >= 0.3 is 5.97 Å². The summed E-state index contributed by atoms with van der Waals surface area (Å²) < 4.78 is 1.71. The van der Waals surface area contributed by atoms with Gasteiger partial charge in [0.1, 0.15) is 11.5 Å². The van der Waals surface area contributed by atoms with Crippen molar-refractivity contribution < 1.29 is 9.90 Å². The highest BCUT2D eigenvalue weighted by molar-refractivity contribution is 5.85. The molecular formula is C8H12N2O2. The van der Waals surface area contributed by atoms with Gasteiger partial charge in [-0.3, -0.25) is 0 Å². The number of carboxylic acids is 1. The molecule has 1 heterocycles. The maximum atomic E-state index is 10.6. The summed E-state index contributed by atoms with van der Waals surface area (Å²) in [6, 6.07) is 0. The molecule has 4 nitrogen and oxygen atoms in total. The van der Waals surface area contributed by atoms with Crippen molar-refractivity contribution >= 4 is 5.97 Å². The number of carboxylic acid groups (broad SMARTS) is 1. The van der Waals surface area contributed by atoms with E-state index in [2.05, 4.69) is 4.98 Å². The zero-order valence-electron chi connectivity index (χ0n) is 7.24. The van der Waals surface area contributed by atoms with Crippen molar-refractivity contribution in [2.45, 2.75) is 26.8 Å². The summed E-state index contributed by atoms with van der Waals surface area (Å²) in [5.41, 5.74) is 0.273. The number of imidazole rings is 1. The summed E-state index contributed by atoms with van der Waals surface area (Å²) in [5, 5.41) is 8.74. The highest BCUT2D eigenvalue weighted by atomic mass is 16.4. The lowest BCUT2D eigenvalue weighted by atomic mass is 10.4. The maximum absolute atomic E-state index is 10.6. The molecule has 0 aromatic carbocycles. The molecule has 0 aliphatic rings. The second-order valence-corrected chi connectivity index (χ2v) is 2.65. The predicted octanol–water partition coefficient (Wildman–Crippen LogP) is 1.30. The molecule has 0 atom stereocenters. The summed E-state index contributed by atoms with van der Waals surface area (Å²) in [6.45, 7) is 4.53. The van der Waals surface area contributed by atoms with E-state index in [-0.39, 0.29) is 5.69 Å². The summed E-state index contributed by atoms with van der Waals surface area (Å²) in [6.07, 6.45) is 2.31. The monoisotopic (exact) mass is 168 g/mol. The van der Waals surface area contributed by atoms with Gasteiger partial charge in [-0.25, -0.2) is 9.78 Å². The van der Waals surface area contributed by atoms with E-state index < -0.39 is 5.97 Å². The molecule has 1 rings (SSSR count). The molecule has 0 radical (unpaired) electrons. The molecule has 0 aliphatic carbocycles. The first-order valence-corrected chi connectivity index (χ1v) is 3.92. The van der Waals surface area contributed by atoms with Crippen LogP contribution in [0.25, 0.3) is 0 Å². The SMILES string of the molecule is CCCn1c(C(=O)O)cnc1C. The number of hydrogen-bond donors (Lipinski definition) is 1. The first kappa shape index (κ1) is 8.77. The van der Waals surface area contributed by atoms with Crippen LogP contribution in [0.2, 0.25) is 0 Å².